The highest BCUT2D eigenvalue weighted by atomic mass is 35.5. The van der Waals surface area contributed by atoms with Crippen molar-refractivity contribution in [1.82, 2.24) is 4.90 Å². The first-order chi connectivity index (χ1) is 10.2. The van der Waals surface area contributed by atoms with Crippen LogP contribution in [0.5, 0.6) is 0 Å². The van der Waals surface area contributed by atoms with Crippen LogP contribution in [-0.2, 0) is 4.74 Å². The molecule has 0 radical (unpaired) electrons. The van der Waals surface area contributed by atoms with E-state index in [-0.39, 0.29) is 6.04 Å². The van der Waals surface area contributed by atoms with Crippen molar-refractivity contribution in [3.05, 3.63) is 33.8 Å². The minimum absolute atomic E-state index is 0.116. The average Bonchev–Trinajstić information content (AvgIpc) is 2.51. The molecule has 0 spiro atoms. The summed E-state index contributed by atoms with van der Waals surface area (Å²) in [5.74, 6) is 0. The largest absolute Gasteiger partial charge is 0.375 e. The lowest BCUT2D eigenvalue weighted by Crippen LogP contribution is -2.54. The summed E-state index contributed by atoms with van der Waals surface area (Å²) in [7, 11) is 0. The fourth-order valence-corrected chi connectivity index (χ4v) is 4.15. The third-order valence-electron chi connectivity index (χ3n) is 4.72. The van der Waals surface area contributed by atoms with Gasteiger partial charge in [-0.2, -0.15) is 0 Å². The Morgan fingerprint density at radius 1 is 1.29 bits per heavy atom. The zero-order valence-corrected chi connectivity index (χ0v) is 13.6. The summed E-state index contributed by atoms with van der Waals surface area (Å²) in [6, 6.07) is 6.21. The van der Waals surface area contributed by atoms with Gasteiger partial charge in [0.05, 0.1) is 12.7 Å². The number of halogens is 2. The Labute approximate surface area is 136 Å². The van der Waals surface area contributed by atoms with Crippen LogP contribution in [0.15, 0.2) is 18.2 Å². The number of fused-ring (bicyclic) bond motifs is 1. The Morgan fingerprint density at radius 2 is 2.10 bits per heavy atom. The Morgan fingerprint density at radius 3 is 2.90 bits per heavy atom. The Bertz CT molecular complexity index is 495. The maximum atomic E-state index is 6.39. The molecule has 3 unspecified atom stereocenters. The molecule has 1 aromatic carbocycles. The highest BCUT2D eigenvalue weighted by molar-refractivity contribution is 6.33. The van der Waals surface area contributed by atoms with Crippen molar-refractivity contribution < 1.29 is 4.74 Å². The smallest absolute Gasteiger partial charge is 0.0731 e. The molecule has 1 aromatic rings. The normalized spacial score (nSPS) is 28.1. The van der Waals surface area contributed by atoms with E-state index in [1.807, 2.05) is 18.2 Å². The van der Waals surface area contributed by atoms with Crippen molar-refractivity contribution in [1.29, 1.82) is 0 Å². The van der Waals surface area contributed by atoms with Crippen LogP contribution in [0.3, 0.4) is 0 Å². The van der Waals surface area contributed by atoms with Crippen LogP contribution >= 0.6 is 23.2 Å². The van der Waals surface area contributed by atoms with Crippen LogP contribution in [-0.4, -0.2) is 36.7 Å². The molecule has 1 aliphatic carbocycles. The van der Waals surface area contributed by atoms with Crippen molar-refractivity contribution in [2.24, 2.45) is 5.73 Å². The standard InChI is InChI=1S/C16H22Cl2N2O/c17-11-5-6-13(18)12(9-11)15(10-19)20-7-8-21-16-4-2-1-3-14(16)20/h5-6,9,14-16H,1-4,7-8,10,19H2. The fraction of sp³-hybridized carbons (Fsp3) is 0.625. The maximum absolute atomic E-state index is 6.39. The molecule has 1 heterocycles. The molecule has 3 atom stereocenters. The summed E-state index contributed by atoms with van der Waals surface area (Å²) in [6.07, 6.45) is 5.21. The number of nitrogens with two attached hydrogens (primary N) is 1. The SMILES string of the molecule is NCC(c1cc(Cl)ccc1Cl)N1CCOC2CCCCC21. The molecule has 1 saturated carbocycles. The van der Waals surface area contributed by atoms with Crippen LogP contribution in [0.2, 0.25) is 10.0 Å². The molecule has 116 valence electrons. The Kier molecular flexibility index (Phi) is 5.07. The monoisotopic (exact) mass is 328 g/mol. The highest BCUT2D eigenvalue weighted by Crippen LogP contribution is 2.36. The van der Waals surface area contributed by atoms with Gasteiger partial charge in [0.1, 0.15) is 0 Å². The molecular formula is C16H22Cl2N2O. The third-order valence-corrected chi connectivity index (χ3v) is 5.30. The molecule has 2 N–H and O–H groups in total. The lowest BCUT2D eigenvalue weighted by molar-refractivity contribution is -0.102. The van der Waals surface area contributed by atoms with Crippen molar-refractivity contribution in [2.75, 3.05) is 19.7 Å². The summed E-state index contributed by atoms with van der Waals surface area (Å²) in [6.45, 7) is 2.23. The molecule has 0 bridgehead atoms. The number of hydrogen-bond donors (Lipinski definition) is 1. The van der Waals surface area contributed by atoms with E-state index in [0.717, 1.165) is 30.2 Å². The maximum Gasteiger partial charge on any atom is 0.0731 e. The summed E-state index contributed by atoms with van der Waals surface area (Å²) < 4.78 is 5.96. The molecule has 0 aromatic heterocycles. The van der Waals surface area contributed by atoms with Crippen molar-refractivity contribution in [3.63, 3.8) is 0 Å². The van der Waals surface area contributed by atoms with Crippen LogP contribution in [0, 0.1) is 0 Å². The van der Waals surface area contributed by atoms with Gasteiger partial charge < -0.3 is 10.5 Å². The van der Waals surface area contributed by atoms with Gasteiger partial charge in [0, 0.05) is 35.2 Å². The summed E-state index contributed by atoms with van der Waals surface area (Å²) >= 11 is 12.5. The van der Waals surface area contributed by atoms with Gasteiger partial charge in [-0.3, -0.25) is 4.90 Å². The van der Waals surface area contributed by atoms with E-state index in [0.29, 0.717) is 23.7 Å². The number of ether oxygens (including phenoxy) is 1. The van der Waals surface area contributed by atoms with Crippen LogP contribution in [0.1, 0.15) is 37.3 Å². The van der Waals surface area contributed by atoms with E-state index in [4.69, 9.17) is 33.7 Å². The Balaban J connectivity index is 1.89. The third kappa shape index (κ3) is 3.22. The van der Waals surface area contributed by atoms with Gasteiger partial charge in [-0.15, -0.1) is 0 Å². The predicted octanol–water partition coefficient (Wildman–Crippen LogP) is 3.64. The zero-order valence-electron chi connectivity index (χ0n) is 12.1. The minimum atomic E-state index is 0.116. The van der Waals surface area contributed by atoms with Gasteiger partial charge in [0.15, 0.2) is 0 Å². The van der Waals surface area contributed by atoms with Gasteiger partial charge in [-0.05, 0) is 36.6 Å². The van der Waals surface area contributed by atoms with Gasteiger partial charge in [0.2, 0.25) is 0 Å². The van der Waals surface area contributed by atoms with E-state index in [1.54, 1.807) is 0 Å². The van der Waals surface area contributed by atoms with Crippen molar-refractivity contribution >= 4 is 23.2 Å². The van der Waals surface area contributed by atoms with E-state index >= 15 is 0 Å². The number of nitrogens with zero attached hydrogens (tertiary/aromatic N) is 1. The predicted molar refractivity (Wildman–Crippen MR) is 87.0 cm³/mol. The van der Waals surface area contributed by atoms with E-state index < -0.39 is 0 Å². The first kappa shape index (κ1) is 15.6. The van der Waals surface area contributed by atoms with Crippen molar-refractivity contribution in [2.45, 2.75) is 43.9 Å². The van der Waals surface area contributed by atoms with Crippen molar-refractivity contribution in [3.8, 4) is 0 Å². The molecule has 21 heavy (non-hydrogen) atoms. The van der Waals surface area contributed by atoms with Crippen LogP contribution < -0.4 is 5.73 Å². The quantitative estimate of drug-likeness (QED) is 0.920. The number of hydrogen-bond acceptors (Lipinski definition) is 3. The second kappa shape index (κ2) is 6.84. The van der Waals surface area contributed by atoms with E-state index in [2.05, 4.69) is 4.90 Å². The fourth-order valence-electron chi connectivity index (χ4n) is 3.72. The lowest BCUT2D eigenvalue weighted by Gasteiger charge is -2.47. The summed E-state index contributed by atoms with van der Waals surface area (Å²) in [4.78, 5) is 2.49. The average molecular weight is 329 g/mol. The topological polar surface area (TPSA) is 38.5 Å². The second-order valence-electron chi connectivity index (χ2n) is 5.92. The summed E-state index contributed by atoms with van der Waals surface area (Å²) in [5, 5.41) is 1.45. The highest BCUT2D eigenvalue weighted by Gasteiger charge is 2.38. The molecule has 3 nitrogen and oxygen atoms in total. The molecule has 1 saturated heterocycles. The van der Waals surface area contributed by atoms with Gasteiger partial charge in [-0.25, -0.2) is 0 Å². The molecule has 5 heteroatoms. The molecule has 1 aliphatic heterocycles. The van der Waals surface area contributed by atoms with E-state index in [9.17, 15) is 0 Å². The Hall–Kier alpha value is -0.320. The lowest BCUT2D eigenvalue weighted by atomic mass is 9.88. The van der Waals surface area contributed by atoms with Crippen LogP contribution in [0.25, 0.3) is 0 Å². The summed E-state index contributed by atoms with van der Waals surface area (Å²) in [5.41, 5.74) is 7.13. The van der Waals surface area contributed by atoms with Gasteiger partial charge >= 0.3 is 0 Å². The molecule has 0 amide bonds. The minimum Gasteiger partial charge on any atom is -0.375 e. The van der Waals surface area contributed by atoms with Gasteiger partial charge in [0.25, 0.3) is 0 Å². The zero-order chi connectivity index (χ0) is 14.8. The van der Waals surface area contributed by atoms with Crippen LogP contribution in [0.4, 0.5) is 0 Å². The first-order valence-electron chi connectivity index (χ1n) is 7.73. The molecular weight excluding hydrogens is 307 g/mol. The number of rotatable bonds is 3. The number of morpholine rings is 1. The van der Waals surface area contributed by atoms with E-state index in [1.165, 1.54) is 19.3 Å². The molecule has 2 fully saturated rings. The first-order valence-corrected chi connectivity index (χ1v) is 8.48. The molecule has 3 rings (SSSR count). The van der Waals surface area contributed by atoms with Gasteiger partial charge in [-0.1, -0.05) is 36.0 Å². The molecule has 2 aliphatic rings. The number of benzene rings is 1. The second-order valence-corrected chi connectivity index (χ2v) is 6.76.